The molecule has 1 heterocycles. The molecule has 4 rings (SSSR count). The molecular formula is C19H23ClN2O. The number of halogens is 1. The molecule has 3 unspecified atom stereocenters. The Kier molecular flexibility index (Phi) is 4.60. The van der Waals surface area contributed by atoms with Crippen molar-refractivity contribution >= 4 is 29.1 Å². The molecule has 0 aromatic heterocycles. The molecule has 2 aromatic rings. The topological polar surface area (TPSA) is 32.3 Å². The predicted molar refractivity (Wildman–Crippen MR) is 96.1 cm³/mol. The Labute approximate surface area is 143 Å². The molecule has 2 aliphatic rings. The highest BCUT2D eigenvalue weighted by atomic mass is 35.5. The van der Waals surface area contributed by atoms with Gasteiger partial charge < -0.3 is 10.2 Å². The maximum absolute atomic E-state index is 12.7. The summed E-state index contributed by atoms with van der Waals surface area (Å²) < 4.78 is 0. The standard InChI is InChI=1S/C19H22N2O.ClH/c1-21(14-9-10-20-12-14)19(22)18-11-17(18)16-8-4-6-13-5-2-3-7-15(13)16;/h2-8,14,17-18,20H,9-12H2,1H3;1H. The van der Waals surface area contributed by atoms with E-state index < -0.39 is 0 Å². The van der Waals surface area contributed by atoms with Gasteiger partial charge in [0, 0.05) is 25.6 Å². The van der Waals surface area contributed by atoms with E-state index in [1.165, 1.54) is 16.3 Å². The van der Waals surface area contributed by atoms with Gasteiger partial charge in [-0.1, -0.05) is 42.5 Å². The lowest BCUT2D eigenvalue weighted by molar-refractivity contribution is -0.133. The van der Waals surface area contributed by atoms with Crippen molar-refractivity contribution in [1.29, 1.82) is 0 Å². The van der Waals surface area contributed by atoms with Gasteiger partial charge in [-0.15, -0.1) is 12.4 Å². The molecule has 2 aromatic carbocycles. The molecule has 3 nitrogen and oxygen atoms in total. The number of carbonyl (C=O) groups excluding carboxylic acids is 1. The zero-order chi connectivity index (χ0) is 15.1. The van der Waals surface area contributed by atoms with E-state index in [-0.39, 0.29) is 18.3 Å². The van der Waals surface area contributed by atoms with Crippen LogP contribution < -0.4 is 5.32 Å². The van der Waals surface area contributed by atoms with Crippen LogP contribution in [0.1, 0.15) is 24.3 Å². The summed E-state index contributed by atoms with van der Waals surface area (Å²) in [5.74, 6) is 0.901. The largest absolute Gasteiger partial charge is 0.341 e. The maximum atomic E-state index is 12.7. The van der Waals surface area contributed by atoms with Crippen LogP contribution in [-0.2, 0) is 4.79 Å². The number of rotatable bonds is 3. The zero-order valence-corrected chi connectivity index (χ0v) is 14.2. The molecule has 1 N–H and O–H groups in total. The summed E-state index contributed by atoms with van der Waals surface area (Å²) in [6, 6.07) is 15.3. The van der Waals surface area contributed by atoms with Crippen LogP contribution in [0.3, 0.4) is 0 Å². The van der Waals surface area contributed by atoms with Crippen molar-refractivity contribution in [2.75, 3.05) is 20.1 Å². The van der Waals surface area contributed by atoms with E-state index in [2.05, 4.69) is 47.8 Å². The summed E-state index contributed by atoms with van der Waals surface area (Å²) in [6.45, 7) is 1.97. The Morgan fingerprint density at radius 1 is 1.17 bits per heavy atom. The summed E-state index contributed by atoms with van der Waals surface area (Å²) in [5, 5.41) is 5.91. The second kappa shape index (κ2) is 6.50. The van der Waals surface area contributed by atoms with Crippen molar-refractivity contribution in [1.82, 2.24) is 10.2 Å². The van der Waals surface area contributed by atoms with Crippen molar-refractivity contribution in [3.63, 3.8) is 0 Å². The fourth-order valence-corrected chi connectivity index (χ4v) is 3.80. The molecule has 122 valence electrons. The number of nitrogens with zero attached hydrogens (tertiary/aromatic N) is 1. The van der Waals surface area contributed by atoms with E-state index in [1.54, 1.807) is 0 Å². The Balaban J connectivity index is 0.00000156. The first-order valence-corrected chi connectivity index (χ1v) is 8.21. The summed E-state index contributed by atoms with van der Waals surface area (Å²) in [7, 11) is 1.97. The number of hydrogen-bond donors (Lipinski definition) is 1. The van der Waals surface area contributed by atoms with Crippen LogP contribution in [0.15, 0.2) is 42.5 Å². The van der Waals surface area contributed by atoms with Gasteiger partial charge in [-0.25, -0.2) is 0 Å². The molecular weight excluding hydrogens is 308 g/mol. The monoisotopic (exact) mass is 330 g/mol. The molecule has 1 saturated heterocycles. The Morgan fingerprint density at radius 3 is 2.74 bits per heavy atom. The second-order valence-corrected chi connectivity index (χ2v) is 6.61. The molecule has 1 aliphatic heterocycles. The number of hydrogen-bond acceptors (Lipinski definition) is 2. The van der Waals surface area contributed by atoms with Crippen molar-refractivity contribution < 1.29 is 4.79 Å². The van der Waals surface area contributed by atoms with E-state index in [4.69, 9.17) is 0 Å². The number of nitrogens with one attached hydrogen (secondary N) is 1. The Morgan fingerprint density at radius 2 is 1.96 bits per heavy atom. The molecule has 23 heavy (non-hydrogen) atoms. The van der Waals surface area contributed by atoms with Crippen LogP contribution in [0.4, 0.5) is 0 Å². The van der Waals surface area contributed by atoms with Gasteiger partial charge in [-0.05, 0) is 41.6 Å². The van der Waals surface area contributed by atoms with Crippen LogP contribution in [0, 0.1) is 5.92 Å². The Hall–Kier alpha value is -1.58. The van der Waals surface area contributed by atoms with E-state index in [9.17, 15) is 4.79 Å². The van der Waals surface area contributed by atoms with Gasteiger partial charge >= 0.3 is 0 Å². The van der Waals surface area contributed by atoms with Gasteiger partial charge in [0.1, 0.15) is 0 Å². The van der Waals surface area contributed by atoms with Crippen LogP contribution in [0.2, 0.25) is 0 Å². The highest BCUT2D eigenvalue weighted by molar-refractivity contribution is 5.89. The van der Waals surface area contributed by atoms with Gasteiger partial charge in [0.05, 0.1) is 0 Å². The maximum Gasteiger partial charge on any atom is 0.226 e. The van der Waals surface area contributed by atoms with Crippen molar-refractivity contribution in [3.8, 4) is 0 Å². The van der Waals surface area contributed by atoms with E-state index in [0.29, 0.717) is 17.9 Å². The molecule has 1 aliphatic carbocycles. The summed E-state index contributed by atoms with van der Waals surface area (Å²) in [4.78, 5) is 14.7. The molecule has 4 heteroatoms. The molecule has 1 saturated carbocycles. The smallest absolute Gasteiger partial charge is 0.226 e. The summed E-state index contributed by atoms with van der Waals surface area (Å²) in [6.07, 6.45) is 2.07. The first kappa shape index (κ1) is 16.3. The van der Waals surface area contributed by atoms with Gasteiger partial charge in [0.2, 0.25) is 5.91 Å². The third kappa shape index (κ3) is 2.96. The van der Waals surface area contributed by atoms with Gasteiger partial charge in [0.15, 0.2) is 0 Å². The average Bonchev–Trinajstić information content (AvgIpc) is 3.16. The Bertz CT molecular complexity index is 706. The molecule has 1 amide bonds. The van der Waals surface area contributed by atoms with Crippen molar-refractivity contribution in [2.24, 2.45) is 5.92 Å². The first-order chi connectivity index (χ1) is 10.8. The van der Waals surface area contributed by atoms with E-state index >= 15 is 0 Å². The quantitative estimate of drug-likeness (QED) is 0.937. The number of carbonyl (C=O) groups is 1. The van der Waals surface area contributed by atoms with Crippen molar-refractivity contribution in [2.45, 2.75) is 24.8 Å². The molecule has 0 spiro atoms. The molecule has 2 fully saturated rings. The minimum Gasteiger partial charge on any atom is -0.341 e. The second-order valence-electron chi connectivity index (χ2n) is 6.61. The summed E-state index contributed by atoms with van der Waals surface area (Å²) in [5.41, 5.74) is 1.34. The zero-order valence-electron chi connectivity index (χ0n) is 13.4. The third-order valence-corrected chi connectivity index (χ3v) is 5.26. The fourth-order valence-electron chi connectivity index (χ4n) is 3.80. The first-order valence-electron chi connectivity index (χ1n) is 8.21. The van der Waals surface area contributed by atoms with Gasteiger partial charge in [0.25, 0.3) is 0 Å². The number of fused-ring (bicyclic) bond motifs is 1. The van der Waals surface area contributed by atoms with E-state index in [1.807, 2.05) is 11.9 Å². The predicted octanol–water partition coefficient (Wildman–Crippen LogP) is 3.19. The van der Waals surface area contributed by atoms with Crippen molar-refractivity contribution in [3.05, 3.63) is 48.0 Å². The minimum atomic E-state index is 0. The van der Waals surface area contributed by atoms with Gasteiger partial charge in [-0.3, -0.25) is 4.79 Å². The number of amides is 1. The fraction of sp³-hybridized carbons (Fsp3) is 0.421. The number of benzene rings is 2. The van der Waals surface area contributed by atoms with Crippen LogP contribution in [0.5, 0.6) is 0 Å². The van der Waals surface area contributed by atoms with Crippen LogP contribution in [-0.4, -0.2) is 37.0 Å². The highest BCUT2D eigenvalue weighted by Gasteiger charge is 2.46. The average molecular weight is 331 g/mol. The van der Waals surface area contributed by atoms with Crippen LogP contribution >= 0.6 is 12.4 Å². The summed E-state index contributed by atoms with van der Waals surface area (Å²) >= 11 is 0. The SMILES string of the molecule is CN(C(=O)C1CC1c1cccc2ccccc12)C1CCNC1.Cl. The molecule has 3 atom stereocenters. The molecule has 0 bridgehead atoms. The lowest BCUT2D eigenvalue weighted by atomic mass is 10.00. The third-order valence-electron chi connectivity index (χ3n) is 5.26. The van der Waals surface area contributed by atoms with Gasteiger partial charge in [-0.2, -0.15) is 0 Å². The highest BCUT2D eigenvalue weighted by Crippen LogP contribution is 2.50. The number of likely N-dealkylation sites (N-methyl/N-ethyl adjacent to an activating group) is 1. The minimum absolute atomic E-state index is 0. The lowest BCUT2D eigenvalue weighted by Crippen LogP contribution is -2.39. The normalized spacial score (nSPS) is 25.9. The molecule has 0 radical (unpaired) electrons. The van der Waals surface area contributed by atoms with Crippen LogP contribution in [0.25, 0.3) is 10.8 Å². The van der Waals surface area contributed by atoms with E-state index in [0.717, 1.165) is 25.9 Å². The lowest BCUT2D eigenvalue weighted by Gasteiger charge is -2.24.